The Balaban J connectivity index is 1.58. The fraction of sp³-hybridized carbons (Fsp3) is 0.435. The van der Waals surface area contributed by atoms with Gasteiger partial charge in [0.25, 0.3) is 5.91 Å². The molecule has 0 unspecified atom stereocenters. The summed E-state index contributed by atoms with van der Waals surface area (Å²) in [6, 6.07) is 16.9. The average Bonchev–Trinajstić information content (AvgIpc) is 2.94. The second-order valence-electron chi connectivity index (χ2n) is 8.10. The molecule has 2 aliphatic heterocycles. The van der Waals surface area contributed by atoms with Crippen molar-refractivity contribution in [2.45, 2.75) is 50.7 Å². The largest absolute Gasteiger partial charge is 0.497 e. The minimum absolute atomic E-state index is 0.0578. The van der Waals surface area contributed by atoms with Crippen LogP contribution in [-0.2, 0) is 32.2 Å². The molecule has 160 valence electrons. The lowest BCUT2D eigenvalue weighted by Crippen LogP contribution is -2.62. The molecule has 0 aliphatic carbocycles. The van der Waals surface area contributed by atoms with E-state index in [0.29, 0.717) is 0 Å². The molecule has 3 atom stereocenters. The van der Waals surface area contributed by atoms with Crippen molar-refractivity contribution in [1.82, 2.24) is 4.90 Å². The van der Waals surface area contributed by atoms with Crippen LogP contribution >= 0.6 is 0 Å². The molecule has 1 N–H and O–H groups in total. The molecule has 30 heavy (non-hydrogen) atoms. The molecule has 7 nitrogen and oxygen atoms in total. The summed E-state index contributed by atoms with van der Waals surface area (Å²) in [5.74, 6) is -0.532. The summed E-state index contributed by atoms with van der Waals surface area (Å²) in [6.07, 6.45) is -1.80. The van der Waals surface area contributed by atoms with Crippen LogP contribution in [0.1, 0.15) is 25.0 Å². The Morgan fingerprint density at radius 3 is 2.47 bits per heavy atom. The molecule has 0 saturated carbocycles. The van der Waals surface area contributed by atoms with Crippen molar-refractivity contribution in [2.24, 2.45) is 0 Å². The summed E-state index contributed by atoms with van der Waals surface area (Å²) in [5.41, 5.74) is 0.173. The number of hydrogen-bond acceptors (Lipinski definition) is 6. The standard InChI is InChI=1S/C23H27NO6/c1-22(2)29-15-23(26)20(30-22)19(28-14-17-7-5-4-6-8-17)21(25)24(23)13-16-9-11-18(27-3)12-10-16/h4-12,19-20,26H,13-15H2,1-3H3/t19-,20-,23+/m0/s1. The molecule has 2 heterocycles. The maximum atomic E-state index is 13.3. The van der Waals surface area contributed by atoms with E-state index < -0.39 is 23.7 Å². The van der Waals surface area contributed by atoms with Crippen LogP contribution in [0.5, 0.6) is 5.75 Å². The van der Waals surface area contributed by atoms with Crippen LogP contribution in [0.2, 0.25) is 0 Å². The van der Waals surface area contributed by atoms with Crippen LogP contribution in [-0.4, -0.2) is 53.4 Å². The van der Waals surface area contributed by atoms with Gasteiger partial charge in [-0.05, 0) is 37.1 Å². The Hall–Kier alpha value is -2.45. The molecule has 1 amide bonds. The molecule has 2 aliphatic rings. The van der Waals surface area contributed by atoms with Gasteiger partial charge in [0, 0.05) is 6.54 Å². The van der Waals surface area contributed by atoms with Gasteiger partial charge in [-0.3, -0.25) is 4.79 Å². The molecule has 2 fully saturated rings. The van der Waals surface area contributed by atoms with E-state index in [2.05, 4.69) is 0 Å². The van der Waals surface area contributed by atoms with E-state index in [0.717, 1.165) is 16.9 Å². The Morgan fingerprint density at radius 2 is 1.80 bits per heavy atom. The number of amides is 1. The van der Waals surface area contributed by atoms with Crippen molar-refractivity contribution in [2.75, 3.05) is 13.7 Å². The Bertz CT molecular complexity index is 884. The van der Waals surface area contributed by atoms with Gasteiger partial charge in [-0.1, -0.05) is 42.5 Å². The highest BCUT2D eigenvalue weighted by molar-refractivity contribution is 5.85. The Morgan fingerprint density at radius 1 is 1.10 bits per heavy atom. The van der Waals surface area contributed by atoms with Gasteiger partial charge in [-0.15, -0.1) is 0 Å². The zero-order valence-electron chi connectivity index (χ0n) is 17.4. The minimum Gasteiger partial charge on any atom is -0.497 e. The van der Waals surface area contributed by atoms with Gasteiger partial charge < -0.3 is 29.0 Å². The molecular formula is C23H27NO6. The average molecular weight is 413 g/mol. The lowest BCUT2D eigenvalue weighted by molar-refractivity contribution is -0.357. The number of ether oxygens (including phenoxy) is 4. The number of carbonyl (C=O) groups is 1. The van der Waals surface area contributed by atoms with E-state index >= 15 is 0 Å². The van der Waals surface area contributed by atoms with Gasteiger partial charge in [0.05, 0.1) is 13.7 Å². The third kappa shape index (κ3) is 3.94. The third-order valence-electron chi connectivity index (χ3n) is 5.52. The fourth-order valence-electron chi connectivity index (χ4n) is 3.85. The van der Waals surface area contributed by atoms with Gasteiger partial charge in [0.15, 0.2) is 17.6 Å². The molecule has 0 aromatic heterocycles. The smallest absolute Gasteiger partial charge is 0.257 e. The van der Waals surface area contributed by atoms with E-state index in [9.17, 15) is 9.90 Å². The van der Waals surface area contributed by atoms with Crippen molar-refractivity contribution in [3.05, 3.63) is 65.7 Å². The van der Waals surface area contributed by atoms with Crippen LogP contribution in [0.4, 0.5) is 0 Å². The summed E-state index contributed by atoms with van der Waals surface area (Å²) >= 11 is 0. The van der Waals surface area contributed by atoms with E-state index in [-0.39, 0.29) is 25.7 Å². The molecular weight excluding hydrogens is 386 g/mol. The molecule has 0 spiro atoms. The summed E-state index contributed by atoms with van der Waals surface area (Å²) in [4.78, 5) is 14.7. The van der Waals surface area contributed by atoms with Crippen molar-refractivity contribution < 1.29 is 28.8 Å². The SMILES string of the molecule is COc1ccc(CN2C(=O)[C@@H](OCc3ccccc3)[C@@H]3OC(C)(C)OC[C@@]32O)cc1. The number of hydrogen-bond donors (Lipinski definition) is 1. The van der Waals surface area contributed by atoms with E-state index in [1.54, 1.807) is 21.0 Å². The number of benzene rings is 2. The predicted octanol–water partition coefficient (Wildman–Crippen LogP) is 2.46. The van der Waals surface area contributed by atoms with E-state index in [4.69, 9.17) is 18.9 Å². The van der Waals surface area contributed by atoms with Crippen LogP contribution in [0.25, 0.3) is 0 Å². The molecule has 2 aromatic carbocycles. The van der Waals surface area contributed by atoms with Crippen molar-refractivity contribution >= 4 is 5.91 Å². The number of aliphatic hydroxyl groups is 1. The lowest BCUT2D eigenvalue weighted by atomic mass is 10.0. The number of carbonyl (C=O) groups excluding carboxylic acids is 1. The zero-order chi connectivity index (χ0) is 21.4. The number of nitrogens with zero attached hydrogens (tertiary/aromatic N) is 1. The number of likely N-dealkylation sites (tertiary alicyclic amines) is 1. The number of methoxy groups -OCH3 is 1. The topological polar surface area (TPSA) is 77.5 Å². The molecule has 0 radical (unpaired) electrons. The number of fused-ring (bicyclic) bond motifs is 1. The first kappa shape index (κ1) is 20.8. The van der Waals surface area contributed by atoms with Crippen molar-refractivity contribution in [3.63, 3.8) is 0 Å². The quantitative estimate of drug-likeness (QED) is 0.784. The molecule has 4 rings (SSSR count). The van der Waals surface area contributed by atoms with Crippen LogP contribution in [0.15, 0.2) is 54.6 Å². The molecule has 7 heteroatoms. The van der Waals surface area contributed by atoms with E-state index in [1.807, 2.05) is 54.6 Å². The fourth-order valence-corrected chi connectivity index (χ4v) is 3.85. The lowest BCUT2D eigenvalue weighted by Gasteiger charge is -2.45. The molecule has 2 aromatic rings. The second-order valence-corrected chi connectivity index (χ2v) is 8.10. The van der Waals surface area contributed by atoms with E-state index in [1.165, 1.54) is 4.90 Å². The van der Waals surface area contributed by atoms with Crippen molar-refractivity contribution in [1.29, 1.82) is 0 Å². The summed E-state index contributed by atoms with van der Waals surface area (Å²) in [7, 11) is 1.60. The van der Waals surface area contributed by atoms with Crippen LogP contribution < -0.4 is 4.74 Å². The van der Waals surface area contributed by atoms with Crippen LogP contribution in [0.3, 0.4) is 0 Å². The monoisotopic (exact) mass is 413 g/mol. The first-order valence-corrected chi connectivity index (χ1v) is 9.96. The zero-order valence-corrected chi connectivity index (χ0v) is 17.4. The maximum absolute atomic E-state index is 13.3. The Kier molecular flexibility index (Phi) is 5.55. The molecule has 2 saturated heterocycles. The predicted molar refractivity (Wildman–Crippen MR) is 108 cm³/mol. The highest BCUT2D eigenvalue weighted by Crippen LogP contribution is 2.41. The first-order chi connectivity index (χ1) is 14.3. The highest BCUT2D eigenvalue weighted by atomic mass is 16.7. The maximum Gasteiger partial charge on any atom is 0.257 e. The number of rotatable bonds is 6. The summed E-state index contributed by atoms with van der Waals surface area (Å²) in [5, 5.41) is 11.5. The highest BCUT2D eigenvalue weighted by Gasteiger charge is 2.63. The normalized spacial score (nSPS) is 27.7. The first-order valence-electron chi connectivity index (χ1n) is 9.96. The summed E-state index contributed by atoms with van der Waals surface area (Å²) < 4.78 is 22.9. The van der Waals surface area contributed by atoms with Gasteiger partial charge in [0.2, 0.25) is 0 Å². The van der Waals surface area contributed by atoms with Gasteiger partial charge in [-0.25, -0.2) is 0 Å². The van der Waals surface area contributed by atoms with Gasteiger partial charge in [0.1, 0.15) is 18.5 Å². The molecule has 0 bridgehead atoms. The second kappa shape index (κ2) is 8.00. The van der Waals surface area contributed by atoms with Gasteiger partial charge >= 0.3 is 0 Å². The van der Waals surface area contributed by atoms with Crippen LogP contribution in [0, 0.1) is 0 Å². The minimum atomic E-state index is -1.62. The third-order valence-corrected chi connectivity index (χ3v) is 5.52. The van der Waals surface area contributed by atoms with Crippen molar-refractivity contribution in [3.8, 4) is 5.75 Å². The van der Waals surface area contributed by atoms with Gasteiger partial charge in [-0.2, -0.15) is 0 Å². The summed E-state index contributed by atoms with van der Waals surface area (Å²) in [6.45, 7) is 3.91. The Labute approximate surface area is 176 Å².